The second-order valence-corrected chi connectivity index (χ2v) is 7.18. The lowest BCUT2D eigenvalue weighted by Crippen LogP contribution is -2.08. The molecule has 0 saturated heterocycles. The number of aryl methyl sites for hydroxylation is 1. The second-order valence-electron chi connectivity index (χ2n) is 7.18. The van der Waals surface area contributed by atoms with Crippen molar-refractivity contribution in [3.63, 3.8) is 0 Å². The summed E-state index contributed by atoms with van der Waals surface area (Å²) in [7, 11) is 0. The molecule has 0 aliphatic heterocycles. The van der Waals surface area contributed by atoms with Crippen LogP contribution in [0.3, 0.4) is 0 Å². The molecule has 3 aromatic rings. The standard InChI is InChI=1S/C23H16F6/c1-2-3-12-4-6-15-14(8-12)9-17-16(15)11-20(25)21(22(17)26)13-5-7-18(19(24)10-13)23(27,28)29/h4-8,10-11H,2-3,9H2,1H3. The Morgan fingerprint density at radius 3 is 2.28 bits per heavy atom. The van der Waals surface area contributed by atoms with Crippen molar-refractivity contribution < 1.29 is 26.3 Å². The number of alkyl halides is 3. The van der Waals surface area contributed by atoms with Gasteiger partial charge in [0.05, 0.1) is 11.1 Å². The fraction of sp³-hybridized carbons (Fsp3) is 0.217. The minimum absolute atomic E-state index is 0.254. The quantitative estimate of drug-likeness (QED) is 0.313. The third-order valence-corrected chi connectivity index (χ3v) is 5.25. The molecule has 0 saturated carbocycles. The number of rotatable bonds is 3. The highest BCUT2D eigenvalue weighted by Crippen LogP contribution is 2.43. The van der Waals surface area contributed by atoms with E-state index < -0.39 is 34.8 Å². The SMILES string of the molecule is CCCc1ccc2c(c1)Cc1c-2cc(F)c(-c2ccc(C(F)(F)F)c(F)c2)c1F. The van der Waals surface area contributed by atoms with Crippen LogP contribution in [0.4, 0.5) is 26.3 Å². The van der Waals surface area contributed by atoms with Crippen molar-refractivity contribution in [2.45, 2.75) is 32.4 Å². The van der Waals surface area contributed by atoms with Gasteiger partial charge in [0, 0.05) is 12.0 Å². The van der Waals surface area contributed by atoms with Crippen molar-refractivity contribution >= 4 is 0 Å². The molecule has 4 rings (SSSR count). The van der Waals surface area contributed by atoms with Gasteiger partial charge in [0.1, 0.15) is 17.5 Å². The molecule has 0 amide bonds. The molecular weight excluding hydrogens is 390 g/mol. The molecule has 0 fully saturated rings. The maximum absolute atomic E-state index is 15.2. The second kappa shape index (κ2) is 6.94. The smallest absolute Gasteiger partial charge is 0.206 e. The van der Waals surface area contributed by atoms with Crippen LogP contribution in [0.1, 0.15) is 35.6 Å². The van der Waals surface area contributed by atoms with Crippen molar-refractivity contribution in [3.8, 4) is 22.3 Å². The lowest BCUT2D eigenvalue weighted by Gasteiger charge is -2.13. The van der Waals surface area contributed by atoms with Gasteiger partial charge in [-0.25, -0.2) is 13.2 Å². The van der Waals surface area contributed by atoms with Gasteiger partial charge in [-0.3, -0.25) is 0 Å². The Labute approximate surface area is 163 Å². The van der Waals surface area contributed by atoms with E-state index in [0.717, 1.165) is 35.6 Å². The summed E-state index contributed by atoms with van der Waals surface area (Å²) in [5, 5.41) is 0. The van der Waals surface area contributed by atoms with Crippen molar-refractivity contribution in [2.24, 2.45) is 0 Å². The summed E-state index contributed by atoms with van der Waals surface area (Å²) in [6.45, 7) is 2.05. The van der Waals surface area contributed by atoms with Crippen molar-refractivity contribution in [2.75, 3.05) is 0 Å². The molecule has 6 heteroatoms. The summed E-state index contributed by atoms with van der Waals surface area (Å²) in [4.78, 5) is 0. The van der Waals surface area contributed by atoms with E-state index in [9.17, 15) is 22.0 Å². The van der Waals surface area contributed by atoms with Crippen LogP contribution in [0, 0.1) is 17.5 Å². The molecule has 1 aliphatic carbocycles. The molecule has 0 spiro atoms. The van der Waals surface area contributed by atoms with Crippen molar-refractivity contribution in [3.05, 3.63) is 82.2 Å². The average Bonchev–Trinajstić information content (AvgIpc) is 2.99. The van der Waals surface area contributed by atoms with Crippen LogP contribution in [-0.4, -0.2) is 0 Å². The van der Waals surface area contributed by atoms with Gasteiger partial charge in [-0.05, 0) is 52.4 Å². The molecule has 0 radical (unpaired) electrons. The van der Waals surface area contributed by atoms with Crippen molar-refractivity contribution in [1.82, 2.24) is 0 Å². The van der Waals surface area contributed by atoms with Crippen LogP contribution < -0.4 is 0 Å². The molecule has 0 unspecified atom stereocenters. The fourth-order valence-electron chi connectivity index (χ4n) is 3.93. The first-order chi connectivity index (χ1) is 13.7. The fourth-order valence-corrected chi connectivity index (χ4v) is 3.93. The predicted molar refractivity (Wildman–Crippen MR) is 99.0 cm³/mol. The molecule has 150 valence electrons. The Kier molecular flexibility index (Phi) is 4.68. The topological polar surface area (TPSA) is 0 Å². The van der Waals surface area contributed by atoms with E-state index in [1.54, 1.807) is 0 Å². The zero-order valence-corrected chi connectivity index (χ0v) is 15.4. The summed E-state index contributed by atoms with van der Waals surface area (Å²) in [6.07, 6.45) is -2.80. The first-order valence-corrected chi connectivity index (χ1v) is 9.21. The van der Waals surface area contributed by atoms with Gasteiger partial charge in [-0.2, -0.15) is 13.2 Å². The highest BCUT2D eigenvalue weighted by molar-refractivity contribution is 5.81. The Hall–Kier alpha value is -2.76. The van der Waals surface area contributed by atoms with E-state index in [1.807, 2.05) is 25.1 Å². The number of hydrogen-bond donors (Lipinski definition) is 0. The zero-order valence-electron chi connectivity index (χ0n) is 15.4. The van der Waals surface area contributed by atoms with Crippen LogP contribution in [-0.2, 0) is 19.0 Å². The van der Waals surface area contributed by atoms with Gasteiger partial charge in [0.15, 0.2) is 0 Å². The van der Waals surface area contributed by atoms with Gasteiger partial charge in [-0.1, -0.05) is 37.6 Å². The van der Waals surface area contributed by atoms with E-state index in [0.29, 0.717) is 17.7 Å². The van der Waals surface area contributed by atoms with E-state index >= 15 is 4.39 Å². The van der Waals surface area contributed by atoms with Gasteiger partial charge in [-0.15, -0.1) is 0 Å². The lowest BCUT2D eigenvalue weighted by atomic mass is 9.96. The molecule has 0 aromatic heterocycles. The van der Waals surface area contributed by atoms with Gasteiger partial charge in [0.2, 0.25) is 0 Å². The molecule has 0 heterocycles. The maximum atomic E-state index is 15.2. The summed E-state index contributed by atoms with van der Waals surface area (Å²) in [5.41, 5.74) is 1.15. The van der Waals surface area contributed by atoms with Crippen LogP contribution in [0.2, 0.25) is 0 Å². The monoisotopic (exact) mass is 406 g/mol. The summed E-state index contributed by atoms with van der Waals surface area (Å²) < 4.78 is 82.2. The number of halogens is 6. The first-order valence-electron chi connectivity index (χ1n) is 9.21. The zero-order chi connectivity index (χ0) is 20.9. The highest BCUT2D eigenvalue weighted by atomic mass is 19.4. The summed E-state index contributed by atoms with van der Waals surface area (Å²) >= 11 is 0. The normalized spacial score (nSPS) is 12.8. The van der Waals surface area contributed by atoms with Crippen LogP contribution in [0.15, 0.2) is 42.5 Å². The highest BCUT2D eigenvalue weighted by Gasteiger charge is 2.34. The molecule has 29 heavy (non-hydrogen) atoms. The molecule has 0 N–H and O–H groups in total. The Morgan fingerprint density at radius 2 is 1.62 bits per heavy atom. The van der Waals surface area contributed by atoms with Crippen LogP contribution in [0.5, 0.6) is 0 Å². The lowest BCUT2D eigenvalue weighted by molar-refractivity contribution is -0.139. The predicted octanol–water partition coefficient (Wildman–Crippen LogP) is 7.31. The third-order valence-electron chi connectivity index (χ3n) is 5.25. The molecule has 0 nitrogen and oxygen atoms in total. The van der Waals surface area contributed by atoms with Crippen molar-refractivity contribution in [1.29, 1.82) is 0 Å². The first kappa shape index (κ1) is 19.6. The molecule has 3 aromatic carbocycles. The van der Waals surface area contributed by atoms with E-state index in [2.05, 4.69) is 0 Å². The third kappa shape index (κ3) is 3.30. The number of benzene rings is 3. The average molecular weight is 406 g/mol. The van der Waals surface area contributed by atoms with Gasteiger partial charge < -0.3 is 0 Å². The summed E-state index contributed by atoms with van der Waals surface area (Å²) in [5.74, 6) is -3.37. The molecule has 1 aliphatic rings. The number of hydrogen-bond acceptors (Lipinski definition) is 0. The van der Waals surface area contributed by atoms with Crippen LogP contribution in [0.25, 0.3) is 22.3 Å². The molecule has 0 atom stereocenters. The minimum atomic E-state index is -4.88. The Balaban J connectivity index is 1.81. The van der Waals surface area contributed by atoms with E-state index in [4.69, 9.17) is 0 Å². The Bertz CT molecular complexity index is 1110. The summed E-state index contributed by atoms with van der Waals surface area (Å²) in [6, 6.07) is 8.82. The van der Waals surface area contributed by atoms with E-state index in [1.165, 1.54) is 6.07 Å². The Morgan fingerprint density at radius 1 is 0.862 bits per heavy atom. The largest absolute Gasteiger partial charge is 0.419 e. The molecular formula is C23H16F6. The van der Waals surface area contributed by atoms with E-state index in [-0.39, 0.29) is 17.5 Å². The van der Waals surface area contributed by atoms with Gasteiger partial charge in [0.25, 0.3) is 0 Å². The minimum Gasteiger partial charge on any atom is -0.206 e. The molecule has 0 bridgehead atoms. The maximum Gasteiger partial charge on any atom is 0.419 e. The van der Waals surface area contributed by atoms with Crippen LogP contribution >= 0.6 is 0 Å². The number of fused-ring (bicyclic) bond motifs is 3. The van der Waals surface area contributed by atoms with Gasteiger partial charge >= 0.3 is 6.18 Å².